The molecule has 0 spiro atoms. The molecule has 21 heavy (non-hydrogen) atoms. The molecule has 1 atom stereocenters. The van der Waals surface area contributed by atoms with Crippen molar-refractivity contribution in [1.29, 1.82) is 0 Å². The molecular formula is C17H21NO3. The second-order valence-electron chi connectivity index (χ2n) is 4.76. The van der Waals surface area contributed by atoms with Crippen LogP contribution < -0.4 is 19.9 Å². The lowest BCUT2D eigenvalue weighted by molar-refractivity contribution is 0.397. The summed E-state index contributed by atoms with van der Waals surface area (Å²) >= 11 is 0. The molecule has 0 aromatic heterocycles. The Labute approximate surface area is 125 Å². The molecule has 0 radical (unpaired) electrons. The van der Waals surface area contributed by atoms with Crippen LogP contribution in [0.2, 0.25) is 0 Å². The van der Waals surface area contributed by atoms with Crippen molar-refractivity contribution in [2.24, 2.45) is 5.73 Å². The number of hydrogen-bond acceptors (Lipinski definition) is 4. The molecule has 0 saturated heterocycles. The van der Waals surface area contributed by atoms with Crippen molar-refractivity contribution in [3.8, 4) is 17.2 Å². The molecule has 0 aliphatic heterocycles. The third-order valence-corrected chi connectivity index (χ3v) is 3.47. The SMILES string of the molecule is COc1ccc(C(N)Cc2cc(OC)ccc2OC)cc1. The van der Waals surface area contributed by atoms with Gasteiger partial charge in [0.25, 0.3) is 0 Å². The Bertz CT molecular complexity index is 581. The minimum absolute atomic E-state index is 0.114. The molecule has 0 bridgehead atoms. The predicted molar refractivity (Wildman–Crippen MR) is 83.2 cm³/mol. The Balaban J connectivity index is 2.19. The summed E-state index contributed by atoms with van der Waals surface area (Å²) in [6.07, 6.45) is 0.673. The van der Waals surface area contributed by atoms with Crippen LogP contribution in [0.3, 0.4) is 0 Å². The number of ether oxygens (including phenoxy) is 3. The maximum absolute atomic E-state index is 6.30. The van der Waals surface area contributed by atoms with Crippen LogP contribution in [0, 0.1) is 0 Å². The highest BCUT2D eigenvalue weighted by Crippen LogP contribution is 2.28. The van der Waals surface area contributed by atoms with Crippen LogP contribution in [0.5, 0.6) is 17.2 Å². The van der Waals surface area contributed by atoms with E-state index in [0.29, 0.717) is 6.42 Å². The van der Waals surface area contributed by atoms with Crippen LogP contribution in [0.1, 0.15) is 17.2 Å². The molecular weight excluding hydrogens is 266 g/mol. The standard InChI is InChI=1S/C17H21NO3/c1-19-14-6-4-12(5-7-14)16(18)11-13-10-15(20-2)8-9-17(13)21-3/h4-10,16H,11,18H2,1-3H3. The van der Waals surface area contributed by atoms with Gasteiger partial charge in [0.1, 0.15) is 17.2 Å². The summed E-state index contributed by atoms with van der Waals surface area (Å²) in [6.45, 7) is 0. The quantitative estimate of drug-likeness (QED) is 0.887. The van der Waals surface area contributed by atoms with Crippen molar-refractivity contribution in [3.63, 3.8) is 0 Å². The first-order valence-corrected chi connectivity index (χ1v) is 6.78. The van der Waals surface area contributed by atoms with Crippen LogP contribution in [0.4, 0.5) is 0 Å². The fourth-order valence-electron chi connectivity index (χ4n) is 2.25. The van der Waals surface area contributed by atoms with E-state index in [-0.39, 0.29) is 6.04 Å². The predicted octanol–water partition coefficient (Wildman–Crippen LogP) is 2.95. The maximum atomic E-state index is 6.30. The van der Waals surface area contributed by atoms with Crippen LogP contribution in [0.15, 0.2) is 42.5 Å². The van der Waals surface area contributed by atoms with Gasteiger partial charge in [0.15, 0.2) is 0 Å². The van der Waals surface area contributed by atoms with Crippen LogP contribution in [-0.2, 0) is 6.42 Å². The van der Waals surface area contributed by atoms with Gasteiger partial charge in [-0.2, -0.15) is 0 Å². The van der Waals surface area contributed by atoms with Gasteiger partial charge < -0.3 is 19.9 Å². The Morgan fingerprint density at radius 3 is 2.05 bits per heavy atom. The van der Waals surface area contributed by atoms with Gasteiger partial charge in [-0.15, -0.1) is 0 Å². The molecule has 2 N–H and O–H groups in total. The lowest BCUT2D eigenvalue weighted by Crippen LogP contribution is -2.14. The summed E-state index contributed by atoms with van der Waals surface area (Å²) in [5.41, 5.74) is 8.38. The van der Waals surface area contributed by atoms with E-state index in [1.807, 2.05) is 42.5 Å². The van der Waals surface area contributed by atoms with Crippen molar-refractivity contribution >= 4 is 0 Å². The highest BCUT2D eigenvalue weighted by molar-refractivity contribution is 5.41. The van der Waals surface area contributed by atoms with Gasteiger partial charge in [-0.05, 0) is 47.9 Å². The van der Waals surface area contributed by atoms with Crippen molar-refractivity contribution < 1.29 is 14.2 Å². The van der Waals surface area contributed by atoms with Gasteiger partial charge in [0, 0.05) is 6.04 Å². The minimum atomic E-state index is -0.114. The van der Waals surface area contributed by atoms with Gasteiger partial charge >= 0.3 is 0 Å². The first-order chi connectivity index (χ1) is 10.2. The normalized spacial score (nSPS) is 11.8. The molecule has 4 heteroatoms. The zero-order chi connectivity index (χ0) is 15.2. The molecule has 2 rings (SSSR count). The summed E-state index contributed by atoms with van der Waals surface area (Å²) in [5.74, 6) is 2.44. The molecule has 1 unspecified atom stereocenters. The number of rotatable bonds is 6. The van der Waals surface area contributed by atoms with E-state index in [1.165, 1.54) is 0 Å². The van der Waals surface area contributed by atoms with E-state index in [9.17, 15) is 0 Å². The highest BCUT2D eigenvalue weighted by Gasteiger charge is 2.12. The average Bonchev–Trinajstić information content (AvgIpc) is 2.54. The van der Waals surface area contributed by atoms with Crippen molar-refractivity contribution in [3.05, 3.63) is 53.6 Å². The third kappa shape index (κ3) is 3.67. The molecule has 2 aromatic rings. The molecule has 0 amide bonds. The van der Waals surface area contributed by atoms with Gasteiger partial charge in [0.2, 0.25) is 0 Å². The van der Waals surface area contributed by atoms with Crippen molar-refractivity contribution in [1.82, 2.24) is 0 Å². The fourth-order valence-corrected chi connectivity index (χ4v) is 2.25. The van der Waals surface area contributed by atoms with E-state index in [4.69, 9.17) is 19.9 Å². The van der Waals surface area contributed by atoms with Gasteiger partial charge in [-0.1, -0.05) is 12.1 Å². The molecule has 2 aromatic carbocycles. The second-order valence-corrected chi connectivity index (χ2v) is 4.76. The summed E-state index contributed by atoms with van der Waals surface area (Å²) in [7, 11) is 4.95. The topological polar surface area (TPSA) is 53.7 Å². The number of benzene rings is 2. The lowest BCUT2D eigenvalue weighted by atomic mass is 9.99. The van der Waals surface area contributed by atoms with Crippen LogP contribution in [0.25, 0.3) is 0 Å². The zero-order valence-corrected chi connectivity index (χ0v) is 12.6. The fraction of sp³-hybridized carbons (Fsp3) is 0.294. The first-order valence-electron chi connectivity index (χ1n) is 6.78. The van der Waals surface area contributed by atoms with E-state index in [0.717, 1.165) is 28.4 Å². The number of nitrogens with two attached hydrogens (primary N) is 1. The van der Waals surface area contributed by atoms with Crippen LogP contribution in [-0.4, -0.2) is 21.3 Å². The summed E-state index contributed by atoms with van der Waals surface area (Å²) in [4.78, 5) is 0. The second kappa shape index (κ2) is 6.99. The average molecular weight is 287 g/mol. The number of methoxy groups -OCH3 is 3. The van der Waals surface area contributed by atoms with Gasteiger partial charge in [-0.3, -0.25) is 0 Å². The number of hydrogen-bond donors (Lipinski definition) is 1. The molecule has 0 aliphatic rings. The summed E-state index contributed by atoms with van der Waals surface area (Å²) in [5, 5.41) is 0. The first kappa shape index (κ1) is 15.2. The van der Waals surface area contributed by atoms with Crippen LogP contribution >= 0.6 is 0 Å². The smallest absolute Gasteiger partial charge is 0.122 e. The summed E-state index contributed by atoms with van der Waals surface area (Å²) in [6, 6.07) is 13.4. The lowest BCUT2D eigenvalue weighted by Gasteiger charge is -2.16. The van der Waals surface area contributed by atoms with Crippen molar-refractivity contribution in [2.75, 3.05) is 21.3 Å². The summed E-state index contributed by atoms with van der Waals surface area (Å²) < 4.78 is 15.8. The zero-order valence-electron chi connectivity index (χ0n) is 12.6. The highest BCUT2D eigenvalue weighted by atomic mass is 16.5. The minimum Gasteiger partial charge on any atom is -0.497 e. The molecule has 0 fully saturated rings. The third-order valence-electron chi connectivity index (χ3n) is 3.47. The van der Waals surface area contributed by atoms with Gasteiger partial charge in [-0.25, -0.2) is 0 Å². The Morgan fingerprint density at radius 2 is 1.48 bits per heavy atom. The van der Waals surface area contributed by atoms with E-state index in [2.05, 4.69) is 0 Å². The molecule has 112 valence electrons. The molecule has 0 heterocycles. The van der Waals surface area contributed by atoms with Crippen molar-refractivity contribution in [2.45, 2.75) is 12.5 Å². The monoisotopic (exact) mass is 287 g/mol. The molecule has 0 aliphatic carbocycles. The Hall–Kier alpha value is -2.20. The molecule has 4 nitrogen and oxygen atoms in total. The van der Waals surface area contributed by atoms with E-state index < -0.39 is 0 Å². The Morgan fingerprint density at radius 1 is 0.857 bits per heavy atom. The largest absolute Gasteiger partial charge is 0.497 e. The van der Waals surface area contributed by atoms with E-state index in [1.54, 1.807) is 21.3 Å². The Kier molecular flexibility index (Phi) is 5.06. The molecule has 0 saturated carbocycles. The van der Waals surface area contributed by atoms with Gasteiger partial charge in [0.05, 0.1) is 21.3 Å². The van der Waals surface area contributed by atoms with E-state index >= 15 is 0 Å². The maximum Gasteiger partial charge on any atom is 0.122 e.